The van der Waals surface area contributed by atoms with Crippen molar-refractivity contribution in [2.75, 3.05) is 35.6 Å². The van der Waals surface area contributed by atoms with Crippen LogP contribution in [0.1, 0.15) is 6.92 Å². The number of rotatable bonds is 8. The molecule has 0 radical (unpaired) electrons. The summed E-state index contributed by atoms with van der Waals surface area (Å²) in [5.74, 6) is -1.20. The van der Waals surface area contributed by atoms with Crippen LogP contribution < -0.4 is 14.5 Å². The molecule has 1 atom stereocenters. The number of benzene rings is 2. The van der Waals surface area contributed by atoms with E-state index in [0.717, 1.165) is 22.3 Å². The molecule has 1 amide bonds. The lowest BCUT2D eigenvalue weighted by atomic mass is 10.2. The van der Waals surface area contributed by atoms with Crippen LogP contribution in [0.5, 0.6) is 0 Å². The van der Waals surface area contributed by atoms with Crippen molar-refractivity contribution in [2.24, 2.45) is 0 Å². The van der Waals surface area contributed by atoms with Gasteiger partial charge in [0.2, 0.25) is 15.9 Å². The average molecular weight is 393 g/mol. The molecule has 0 unspecified atom stereocenters. The van der Waals surface area contributed by atoms with Crippen molar-refractivity contribution in [2.45, 2.75) is 13.0 Å². The smallest absolute Gasteiger partial charge is 0.243 e. The molecule has 0 aliphatic carbocycles. The fourth-order valence-electron chi connectivity index (χ4n) is 2.72. The molecule has 8 heteroatoms. The van der Waals surface area contributed by atoms with Gasteiger partial charge in [-0.3, -0.25) is 9.10 Å². The zero-order valence-electron chi connectivity index (χ0n) is 15.6. The van der Waals surface area contributed by atoms with E-state index in [2.05, 4.69) is 5.32 Å². The molecule has 2 aromatic carbocycles. The third-order valence-corrected chi connectivity index (χ3v) is 5.35. The van der Waals surface area contributed by atoms with Crippen molar-refractivity contribution < 1.29 is 17.6 Å². The van der Waals surface area contributed by atoms with E-state index in [1.807, 2.05) is 42.3 Å². The zero-order chi connectivity index (χ0) is 20.0. The predicted molar refractivity (Wildman–Crippen MR) is 106 cm³/mol. The van der Waals surface area contributed by atoms with Gasteiger partial charge in [0, 0.05) is 25.8 Å². The van der Waals surface area contributed by atoms with Crippen LogP contribution in [0.3, 0.4) is 0 Å². The third kappa shape index (κ3) is 5.43. The maximum Gasteiger partial charge on any atom is 0.243 e. The normalized spacial score (nSPS) is 12.3. The molecule has 0 bridgehead atoms. The van der Waals surface area contributed by atoms with Gasteiger partial charge in [0.05, 0.1) is 11.9 Å². The van der Waals surface area contributed by atoms with Crippen molar-refractivity contribution in [3.8, 4) is 0 Å². The Labute approximate surface area is 159 Å². The topological polar surface area (TPSA) is 69.7 Å². The minimum absolute atomic E-state index is 0.149. The zero-order valence-corrected chi connectivity index (χ0v) is 16.4. The molecule has 2 rings (SSSR count). The standard InChI is InChI=1S/C19H24FN3O3S/c1-15(23(27(3,25)26)18-12-8-7-11-17(18)20)19(24)21-13-14-22(2)16-9-5-4-6-10-16/h4-12,15H,13-14H2,1-3H3,(H,21,24)/t15-/m0/s1. The second-order valence-corrected chi connectivity index (χ2v) is 8.09. The number of nitrogens with zero attached hydrogens (tertiary/aromatic N) is 2. The Hall–Kier alpha value is -2.61. The third-order valence-electron chi connectivity index (χ3n) is 4.12. The average Bonchev–Trinajstić information content (AvgIpc) is 2.63. The molecule has 0 saturated heterocycles. The number of carbonyl (C=O) groups excluding carboxylic acids is 1. The monoisotopic (exact) mass is 393 g/mol. The van der Waals surface area contributed by atoms with Gasteiger partial charge >= 0.3 is 0 Å². The highest BCUT2D eigenvalue weighted by Crippen LogP contribution is 2.24. The molecule has 0 spiro atoms. The number of carbonyl (C=O) groups is 1. The summed E-state index contributed by atoms with van der Waals surface area (Å²) >= 11 is 0. The fraction of sp³-hybridized carbons (Fsp3) is 0.316. The summed E-state index contributed by atoms with van der Waals surface area (Å²) in [5, 5.41) is 2.72. The first kappa shape index (κ1) is 20.7. The predicted octanol–water partition coefficient (Wildman–Crippen LogP) is 2.23. The minimum atomic E-state index is -3.85. The first-order valence-electron chi connectivity index (χ1n) is 8.49. The molecule has 146 valence electrons. The highest BCUT2D eigenvalue weighted by Gasteiger charge is 2.30. The molecule has 0 fully saturated rings. The highest BCUT2D eigenvalue weighted by molar-refractivity contribution is 7.92. The van der Waals surface area contributed by atoms with Crippen LogP contribution in [-0.2, 0) is 14.8 Å². The molecule has 0 aliphatic rings. The Balaban J connectivity index is 2.04. The van der Waals surface area contributed by atoms with Gasteiger partial charge in [0.15, 0.2) is 0 Å². The molecule has 0 heterocycles. The Bertz CT molecular complexity index is 875. The van der Waals surface area contributed by atoms with E-state index >= 15 is 0 Å². The number of hydrogen-bond acceptors (Lipinski definition) is 4. The van der Waals surface area contributed by atoms with Crippen molar-refractivity contribution in [3.63, 3.8) is 0 Å². The molecule has 1 N–H and O–H groups in total. The number of para-hydroxylation sites is 2. The van der Waals surface area contributed by atoms with Crippen LogP contribution in [0.25, 0.3) is 0 Å². The van der Waals surface area contributed by atoms with Crippen molar-refractivity contribution >= 4 is 27.3 Å². The van der Waals surface area contributed by atoms with Crippen LogP contribution in [0.2, 0.25) is 0 Å². The Morgan fingerprint density at radius 3 is 2.30 bits per heavy atom. The van der Waals surface area contributed by atoms with Crippen molar-refractivity contribution in [1.29, 1.82) is 0 Å². The number of halogens is 1. The largest absolute Gasteiger partial charge is 0.373 e. The first-order chi connectivity index (χ1) is 12.7. The molecule has 0 aliphatic heterocycles. The van der Waals surface area contributed by atoms with Crippen LogP contribution in [0, 0.1) is 5.82 Å². The lowest BCUT2D eigenvalue weighted by Crippen LogP contribution is -2.49. The second kappa shape index (κ2) is 8.85. The summed E-state index contributed by atoms with van der Waals surface area (Å²) in [6.45, 7) is 2.30. The molecular weight excluding hydrogens is 369 g/mol. The minimum Gasteiger partial charge on any atom is -0.373 e. The molecule has 27 heavy (non-hydrogen) atoms. The summed E-state index contributed by atoms with van der Waals surface area (Å²) in [6.07, 6.45) is 0.951. The van der Waals surface area contributed by atoms with Gasteiger partial charge in [0.25, 0.3) is 0 Å². The van der Waals surface area contributed by atoms with E-state index in [0.29, 0.717) is 13.1 Å². The summed E-state index contributed by atoms with van der Waals surface area (Å²) in [6, 6.07) is 14.1. The number of likely N-dealkylation sites (N-methyl/N-ethyl adjacent to an activating group) is 1. The van der Waals surface area contributed by atoms with Crippen LogP contribution >= 0.6 is 0 Å². The SMILES string of the molecule is C[C@@H](C(=O)NCCN(C)c1ccccc1)N(c1ccccc1F)S(C)(=O)=O. The van der Waals surface area contributed by atoms with E-state index in [4.69, 9.17) is 0 Å². The van der Waals surface area contributed by atoms with E-state index in [1.165, 1.54) is 25.1 Å². The van der Waals surface area contributed by atoms with Gasteiger partial charge < -0.3 is 10.2 Å². The Kier molecular flexibility index (Phi) is 6.79. The summed E-state index contributed by atoms with van der Waals surface area (Å²) in [7, 11) is -1.95. The van der Waals surface area contributed by atoms with E-state index < -0.39 is 27.8 Å². The lowest BCUT2D eigenvalue weighted by molar-refractivity contribution is -0.121. The van der Waals surface area contributed by atoms with Gasteiger partial charge in [-0.25, -0.2) is 12.8 Å². The first-order valence-corrected chi connectivity index (χ1v) is 10.3. The van der Waals surface area contributed by atoms with Gasteiger partial charge in [-0.2, -0.15) is 0 Å². The van der Waals surface area contributed by atoms with E-state index in [1.54, 1.807) is 0 Å². The number of sulfonamides is 1. The quantitative estimate of drug-likeness (QED) is 0.747. The van der Waals surface area contributed by atoms with E-state index in [-0.39, 0.29) is 5.69 Å². The molecule has 6 nitrogen and oxygen atoms in total. The molecule has 0 aromatic heterocycles. The molecule has 0 saturated carbocycles. The van der Waals surface area contributed by atoms with Gasteiger partial charge in [-0.1, -0.05) is 30.3 Å². The van der Waals surface area contributed by atoms with Crippen LogP contribution in [0.15, 0.2) is 54.6 Å². The van der Waals surface area contributed by atoms with E-state index in [9.17, 15) is 17.6 Å². The van der Waals surface area contributed by atoms with Gasteiger partial charge in [-0.05, 0) is 31.2 Å². The second-order valence-electron chi connectivity index (χ2n) is 6.23. The number of anilines is 2. The van der Waals surface area contributed by atoms with Gasteiger partial charge in [-0.15, -0.1) is 0 Å². The summed E-state index contributed by atoms with van der Waals surface area (Å²) in [5.41, 5.74) is 0.855. The number of hydrogen-bond donors (Lipinski definition) is 1. The maximum atomic E-state index is 14.1. The maximum absolute atomic E-state index is 14.1. The van der Waals surface area contributed by atoms with Gasteiger partial charge in [0.1, 0.15) is 11.9 Å². The summed E-state index contributed by atoms with van der Waals surface area (Å²) in [4.78, 5) is 14.4. The summed E-state index contributed by atoms with van der Waals surface area (Å²) < 4.78 is 39.2. The van der Waals surface area contributed by atoms with Crippen LogP contribution in [0.4, 0.5) is 15.8 Å². The van der Waals surface area contributed by atoms with Crippen molar-refractivity contribution in [3.05, 3.63) is 60.4 Å². The highest BCUT2D eigenvalue weighted by atomic mass is 32.2. The Morgan fingerprint density at radius 2 is 1.70 bits per heavy atom. The fourth-order valence-corrected chi connectivity index (χ4v) is 3.89. The lowest BCUT2D eigenvalue weighted by Gasteiger charge is -2.28. The molecule has 2 aromatic rings. The van der Waals surface area contributed by atoms with Crippen LogP contribution in [-0.4, -0.2) is 46.8 Å². The molecular formula is C19H24FN3O3S. The Morgan fingerprint density at radius 1 is 1.11 bits per heavy atom. The van der Waals surface area contributed by atoms with Crippen molar-refractivity contribution in [1.82, 2.24) is 5.32 Å². The number of amides is 1. The number of nitrogens with one attached hydrogen (secondary N) is 1.